The Morgan fingerprint density at radius 3 is 1.35 bits per heavy atom. The average Bonchev–Trinajstić information content (AvgIpc) is 1.64. The van der Waals surface area contributed by atoms with Crippen molar-refractivity contribution in [1.82, 2.24) is 84.2 Å². The van der Waals surface area contributed by atoms with Crippen LogP contribution in [0.1, 0.15) is 132 Å². The van der Waals surface area contributed by atoms with Gasteiger partial charge in [-0.2, -0.15) is 24.4 Å². The normalized spacial score (nSPS) is 17.3. The molecular formula is C76H123N21O25S2. The lowest BCUT2D eigenvalue weighted by Gasteiger charge is -2.34. The van der Waals surface area contributed by atoms with Crippen molar-refractivity contribution in [2.75, 3.05) is 63.8 Å². The molecule has 694 valence electrons. The number of nitrogens with two attached hydrogens (primary N) is 4. The van der Waals surface area contributed by atoms with Gasteiger partial charge in [-0.1, -0.05) is 71.9 Å². The van der Waals surface area contributed by atoms with E-state index >= 15 is 0 Å². The van der Waals surface area contributed by atoms with Gasteiger partial charge >= 0.3 is 11.9 Å². The number of carbonyl (C=O) groups is 19. The number of aliphatic hydroxyl groups is 4. The van der Waals surface area contributed by atoms with Gasteiger partial charge in [-0.15, -0.1) is 0 Å². The molecule has 2 heterocycles. The molecule has 0 bridgehead atoms. The zero-order valence-electron chi connectivity index (χ0n) is 70.7. The first kappa shape index (κ1) is 107. The van der Waals surface area contributed by atoms with Gasteiger partial charge in [-0.05, 0) is 107 Å². The molecule has 0 aliphatic carbocycles. The predicted molar refractivity (Wildman–Crippen MR) is 449 cm³/mol. The summed E-state index contributed by atoms with van der Waals surface area (Å²) in [5.74, 6) is -21.9. The molecule has 0 spiro atoms. The largest absolute Gasteiger partial charge is 0.481 e. The highest BCUT2D eigenvalue weighted by atomic mass is 32.2. The highest BCUT2D eigenvalue weighted by Gasteiger charge is 2.46. The summed E-state index contributed by atoms with van der Waals surface area (Å²) in [6.07, 6.45) is 0.288. The van der Waals surface area contributed by atoms with E-state index in [1.54, 1.807) is 58.0 Å². The molecular weight excluding hydrogens is 1670 g/mol. The van der Waals surface area contributed by atoms with Gasteiger partial charge in [0.2, 0.25) is 100 Å². The van der Waals surface area contributed by atoms with Crippen molar-refractivity contribution in [3.05, 3.63) is 35.9 Å². The summed E-state index contributed by atoms with van der Waals surface area (Å²) in [4.78, 5) is 264. The highest BCUT2D eigenvalue weighted by Crippen LogP contribution is 2.27. The molecule has 0 unspecified atom stereocenters. The second kappa shape index (κ2) is 53.8. The molecule has 2 aliphatic rings. The molecule has 0 saturated carbocycles. The van der Waals surface area contributed by atoms with Crippen LogP contribution < -0.4 is 97.4 Å². The van der Waals surface area contributed by atoms with E-state index < -0.39 is 266 Å². The fourth-order valence-corrected chi connectivity index (χ4v) is 13.6. The van der Waals surface area contributed by atoms with Crippen LogP contribution in [0.3, 0.4) is 0 Å². The third-order valence-corrected chi connectivity index (χ3v) is 20.7. The van der Waals surface area contributed by atoms with Crippen LogP contribution in [-0.4, -0.2) is 325 Å². The SMILES string of the molecule is CSCC[C@H](NC(=O)[C@H](Cc1ccccc1)NC(=O)[C@@H](N)CS)C(=O)N[C@@H](CC(C)C)C(=O)N1CCC[C@H]1C(=O)N1CCC[C@H]1C(=O)N[C@H](C(=O)N[C@@H](C)C(=O)N[C@@H](C)C(=O)N[C@@H](CO)C(=O)N[C@@H](CO)C(=O)N[C@@H](CC(C)C)C(=O)N[C@@H](CCCN=C(N)N)C(=O)N[C@@H](CC(N)=O)C(=O)N[C@@H](CC(=O)O)C(=O)N[C@@H](CO)C(=O)N[C@@H](CO)C(=O)O)C(C)C. The monoisotopic (exact) mass is 1790 g/mol. The number of carbonyl (C=O) groups excluding carboxylic acids is 17. The van der Waals surface area contributed by atoms with Crippen molar-refractivity contribution in [3.63, 3.8) is 0 Å². The number of hydrogen-bond donors (Lipinski definition) is 25. The Hall–Kier alpha value is -11.1. The maximum Gasteiger partial charge on any atom is 0.328 e. The maximum atomic E-state index is 14.8. The van der Waals surface area contributed by atoms with Gasteiger partial charge < -0.3 is 138 Å². The number of thiol groups is 1. The first-order chi connectivity index (χ1) is 58.4. The summed E-state index contributed by atoms with van der Waals surface area (Å²) in [5.41, 5.74) is 23.0. The number of rotatable bonds is 54. The number of primary amides is 1. The van der Waals surface area contributed by atoms with E-state index in [1.807, 2.05) is 36.1 Å². The predicted octanol–water partition coefficient (Wildman–Crippen LogP) is -9.75. The van der Waals surface area contributed by atoms with Crippen LogP contribution in [0.25, 0.3) is 0 Å². The van der Waals surface area contributed by atoms with Crippen LogP contribution >= 0.6 is 24.4 Å². The molecule has 17 amide bonds. The van der Waals surface area contributed by atoms with Crippen LogP contribution in [0.2, 0.25) is 0 Å². The molecule has 0 aromatic heterocycles. The number of hydrogen-bond acceptors (Lipinski definition) is 27. The number of benzene rings is 1. The van der Waals surface area contributed by atoms with Crippen molar-refractivity contribution >= 4 is 143 Å². The first-order valence-electron chi connectivity index (χ1n) is 40.3. The quantitative estimate of drug-likeness (QED) is 0.0125. The molecule has 28 N–H and O–H groups in total. The molecule has 2 aliphatic heterocycles. The summed E-state index contributed by atoms with van der Waals surface area (Å²) in [7, 11) is 0. The molecule has 0 radical (unpaired) electrons. The first-order valence-corrected chi connectivity index (χ1v) is 42.4. The number of aliphatic carboxylic acids is 2. The summed E-state index contributed by atoms with van der Waals surface area (Å²) >= 11 is 5.53. The molecule has 17 atom stereocenters. The number of thioether (sulfide) groups is 1. The Bertz CT molecular complexity index is 3900. The molecule has 124 heavy (non-hydrogen) atoms. The molecule has 2 fully saturated rings. The molecule has 48 heteroatoms. The number of aliphatic imine (C=N–C) groups is 1. The summed E-state index contributed by atoms with van der Waals surface area (Å²) < 4.78 is 0. The van der Waals surface area contributed by atoms with Crippen molar-refractivity contribution in [2.24, 2.45) is 45.7 Å². The van der Waals surface area contributed by atoms with E-state index in [0.29, 0.717) is 24.2 Å². The van der Waals surface area contributed by atoms with Crippen LogP contribution in [-0.2, 0) is 97.5 Å². The smallest absolute Gasteiger partial charge is 0.328 e. The van der Waals surface area contributed by atoms with Gasteiger partial charge in [-0.25, -0.2) is 4.79 Å². The van der Waals surface area contributed by atoms with Gasteiger partial charge in [0.05, 0.1) is 45.3 Å². The summed E-state index contributed by atoms with van der Waals surface area (Å²) in [6.45, 7) is 7.90. The zero-order valence-corrected chi connectivity index (χ0v) is 72.4. The number of nitrogens with one attached hydrogen (secondary N) is 14. The fourth-order valence-electron chi connectivity index (χ4n) is 12.9. The van der Waals surface area contributed by atoms with Gasteiger partial charge in [-0.3, -0.25) is 91.3 Å². The van der Waals surface area contributed by atoms with Crippen molar-refractivity contribution < 1.29 is 122 Å². The number of carboxylic acids is 2. The molecule has 3 rings (SSSR count). The van der Waals surface area contributed by atoms with Crippen LogP contribution in [0.5, 0.6) is 0 Å². The number of aliphatic hydroxyl groups excluding tert-OH is 4. The third kappa shape index (κ3) is 35.6. The zero-order chi connectivity index (χ0) is 93.5. The molecule has 1 aromatic rings. The second-order valence-electron chi connectivity index (χ2n) is 31.0. The summed E-state index contributed by atoms with van der Waals surface area (Å²) in [5, 5.41) is 91.5. The minimum Gasteiger partial charge on any atom is -0.481 e. The van der Waals surface area contributed by atoms with Gasteiger partial charge in [0.25, 0.3) is 0 Å². The number of guanidine groups is 1. The number of amides is 17. The molecule has 2 saturated heterocycles. The Kier molecular flexibility index (Phi) is 46.5. The van der Waals surface area contributed by atoms with E-state index in [0.717, 1.165) is 0 Å². The van der Waals surface area contributed by atoms with Crippen LogP contribution in [0.4, 0.5) is 0 Å². The minimum atomic E-state index is -2.16. The number of likely N-dealkylation sites (tertiary alicyclic amines) is 2. The van der Waals surface area contributed by atoms with E-state index in [9.17, 15) is 122 Å². The molecule has 1 aromatic carbocycles. The second-order valence-corrected chi connectivity index (χ2v) is 32.4. The van der Waals surface area contributed by atoms with Crippen molar-refractivity contribution in [3.8, 4) is 0 Å². The molecule has 46 nitrogen and oxygen atoms in total. The van der Waals surface area contributed by atoms with E-state index in [1.165, 1.54) is 35.4 Å². The standard InChI is InChI=1S/C76H123N21O25S2/c1-36(2)26-45(64(110)84-43(18-13-22-81-76(79)80)62(108)88-47(29-56(78)102)66(112)89-48(30-57(103)104)67(113)92-52(33-100)70(116)94-53(34-101)75(121)122)87-68(114)51(32-99)93-69(115)50(31-98)91-60(106)40(8)82-59(105)39(7)83-72(118)58(38(5)6)95-71(117)54-19-14-23-96(54)74(120)55-20-15-24-97(55)73(119)49(27-37(3)4)90-63(109)44(21-25-124-9)85-65(111)46(86-61(107)42(77)35-123)28-41-16-11-10-12-17-41/h10-12,16-17,36-40,42-55,58,98-101,123H,13-15,18-35,77H2,1-9H3,(H2,78,102)(H,82,105)(H,83,118)(H,84,110)(H,85,111)(H,86,107)(H,87,114)(H,88,108)(H,89,112)(H,90,109)(H,91,106)(H,92,113)(H,93,115)(H,94,116)(H,95,117)(H,103,104)(H,121,122)(H4,79,80,81)/t39-,40-,42-,43-,44-,45-,46-,47-,48-,49-,50-,51-,52-,53-,54-,55-,58-/m0/s1. The summed E-state index contributed by atoms with van der Waals surface area (Å²) in [6, 6.07) is -17.4. The third-order valence-electron chi connectivity index (χ3n) is 19.6. The number of carboxylic acid groups (broad SMARTS) is 2. The maximum absolute atomic E-state index is 14.8. The van der Waals surface area contributed by atoms with Gasteiger partial charge in [0, 0.05) is 31.8 Å². The topological polar surface area (TPSA) is 737 Å². The average molecular weight is 1800 g/mol. The van der Waals surface area contributed by atoms with Gasteiger partial charge in [0.15, 0.2) is 5.96 Å². The Balaban J connectivity index is 1.73. The fraction of sp³-hybridized carbons (Fsp3) is 0.658. The lowest BCUT2D eigenvalue weighted by atomic mass is 10.0. The van der Waals surface area contributed by atoms with E-state index in [4.69, 9.17) is 22.9 Å². The Morgan fingerprint density at radius 1 is 0.468 bits per heavy atom. The Morgan fingerprint density at radius 2 is 0.871 bits per heavy atom. The highest BCUT2D eigenvalue weighted by molar-refractivity contribution is 7.98. The number of nitrogens with zero attached hydrogens (tertiary/aromatic N) is 3. The lowest BCUT2D eigenvalue weighted by molar-refractivity contribution is -0.148. The minimum absolute atomic E-state index is 0.00423. The van der Waals surface area contributed by atoms with Crippen LogP contribution in [0, 0.1) is 17.8 Å². The van der Waals surface area contributed by atoms with E-state index in [2.05, 4.69) is 76.1 Å². The lowest BCUT2D eigenvalue weighted by Crippen LogP contribution is -2.62. The van der Waals surface area contributed by atoms with Crippen molar-refractivity contribution in [1.29, 1.82) is 0 Å². The van der Waals surface area contributed by atoms with Gasteiger partial charge in [0.1, 0.15) is 96.7 Å². The Labute approximate surface area is 726 Å². The van der Waals surface area contributed by atoms with Crippen molar-refractivity contribution in [2.45, 2.75) is 235 Å². The van der Waals surface area contributed by atoms with E-state index in [-0.39, 0.29) is 88.6 Å². The van der Waals surface area contributed by atoms with Crippen LogP contribution in [0.15, 0.2) is 35.3 Å².